The molecular formula is C16H15Cl2NO2. The second kappa shape index (κ2) is 6.83. The Hall–Kier alpha value is -1.71. The predicted molar refractivity (Wildman–Crippen MR) is 86.0 cm³/mol. The zero-order chi connectivity index (χ0) is 15.4. The summed E-state index contributed by atoms with van der Waals surface area (Å²) in [5.41, 5.74) is 2.47. The quantitative estimate of drug-likeness (QED) is 0.834. The molecule has 0 bridgehead atoms. The Balaban J connectivity index is 2.39. The number of aryl methyl sites for hydroxylation is 1. The van der Waals surface area contributed by atoms with Crippen LogP contribution in [0.4, 0.5) is 5.69 Å². The number of ether oxygens (including phenoxy) is 1. The number of hydrogen-bond acceptors (Lipinski definition) is 3. The number of methoxy groups -OCH3 is 1. The highest BCUT2D eigenvalue weighted by Gasteiger charge is 2.24. The van der Waals surface area contributed by atoms with Gasteiger partial charge in [-0.2, -0.15) is 0 Å². The van der Waals surface area contributed by atoms with Crippen LogP contribution in [0.1, 0.15) is 17.2 Å². The van der Waals surface area contributed by atoms with Gasteiger partial charge in [-0.3, -0.25) is 0 Å². The lowest BCUT2D eigenvalue weighted by molar-refractivity contribution is -0.141. The first kappa shape index (κ1) is 15.7. The third kappa shape index (κ3) is 3.69. The molecule has 0 saturated heterocycles. The summed E-state index contributed by atoms with van der Waals surface area (Å²) in [6, 6.07) is 12.2. The first-order valence-corrected chi connectivity index (χ1v) is 7.13. The van der Waals surface area contributed by atoms with Crippen molar-refractivity contribution in [1.29, 1.82) is 0 Å². The number of rotatable bonds is 4. The van der Waals surface area contributed by atoms with Gasteiger partial charge in [0, 0.05) is 11.3 Å². The fourth-order valence-corrected chi connectivity index (χ4v) is 2.44. The van der Waals surface area contributed by atoms with Crippen LogP contribution in [-0.2, 0) is 9.53 Å². The number of esters is 1. The molecule has 0 aliphatic carbocycles. The van der Waals surface area contributed by atoms with Crippen molar-refractivity contribution in [3.8, 4) is 0 Å². The molecule has 0 fully saturated rings. The number of carbonyl (C=O) groups excluding carboxylic acids is 1. The van der Waals surface area contributed by atoms with Gasteiger partial charge in [0.05, 0.1) is 17.2 Å². The molecule has 2 aromatic rings. The SMILES string of the molecule is COC(=O)C(Nc1cccc(C)c1)c1cccc(Cl)c1Cl. The molecule has 0 aliphatic rings. The smallest absolute Gasteiger partial charge is 0.333 e. The third-order valence-corrected chi connectivity index (χ3v) is 3.89. The van der Waals surface area contributed by atoms with Crippen LogP contribution in [0.25, 0.3) is 0 Å². The lowest BCUT2D eigenvalue weighted by Crippen LogP contribution is -2.22. The van der Waals surface area contributed by atoms with E-state index < -0.39 is 12.0 Å². The Kier molecular flexibility index (Phi) is 5.10. The highest BCUT2D eigenvalue weighted by Crippen LogP contribution is 2.32. The van der Waals surface area contributed by atoms with E-state index in [1.165, 1.54) is 7.11 Å². The van der Waals surface area contributed by atoms with Crippen molar-refractivity contribution in [2.24, 2.45) is 0 Å². The minimum absolute atomic E-state index is 0.342. The topological polar surface area (TPSA) is 38.3 Å². The van der Waals surface area contributed by atoms with Crippen molar-refractivity contribution in [1.82, 2.24) is 0 Å². The summed E-state index contributed by atoms with van der Waals surface area (Å²) >= 11 is 12.2. The highest BCUT2D eigenvalue weighted by molar-refractivity contribution is 6.42. The minimum atomic E-state index is -0.719. The van der Waals surface area contributed by atoms with E-state index in [-0.39, 0.29) is 0 Å². The van der Waals surface area contributed by atoms with Gasteiger partial charge in [0.2, 0.25) is 0 Å². The van der Waals surface area contributed by atoms with E-state index in [9.17, 15) is 4.79 Å². The maximum atomic E-state index is 12.1. The van der Waals surface area contributed by atoms with Gasteiger partial charge in [0.25, 0.3) is 0 Å². The largest absolute Gasteiger partial charge is 0.467 e. The number of anilines is 1. The van der Waals surface area contributed by atoms with Crippen LogP contribution in [0.3, 0.4) is 0 Å². The van der Waals surface area contributed by atoms with Crippen molar-refractivity contribution < 1.29 is 9.53 Å². The average Bonchev–Trinajstić information content (AvgIpc) is 2.47. The van der Waals surface area contributed by atoms with Crippen LogP contribution in [0.15, 0.2) is 42.5 Å². The van der Waals surface area contributed by atoms with Gasteiger partial charge in [-0.25, -0.2) is 4.79 Å². The fraction of sp³-hybridized carbons (Fsp3) is 0.188. The monoisotopic (exact) mass is 323 g/mol. The first-order valence-electron chi connectivity index (χ1n) is 6.38. The normalized spacial score (nSPS) is 11.8. The van der Waals surface area contributed by atoms with Gasteiger partial charge in [0.1, 0.15) is 0 Å². The predicted octanol–water partition coefficient (Wildman–Crippen LogP) is 4.63. The van der Waals surface area contributed by atoms with Crippen molar-refractivity contribution in [3.63, 3.8) is 0 Å². The zero-order valence-corrected chi connectivity index (χ0v) is 13.2. The second-order valence-electron chi connectivity index (χ2n) is 4.61. The van der Waals surface area contributed by atoms with E-state index in [1.807, 2.05) is 31.2 Å². The molecule has 5 heteroatoms. The summed E-state index contributed by atoms with van der Waals surface area (Å²) in [5, 5.41) is 3.88. The molecule has 1 N–H and O–H groups in total. The van der Waals surface area contributed by atoms with Gasteiger partial charge in [-0.15, -0.1) is 0 Å². The van der Waals surface area contributed by atoms with Crippen molar-refractivity contribution in [2.75, 3.05) is 12.4 Å². The third-order valence-electron chi connectivity index (χ3n) is 3.06. The van der Waals surface area contributed by atoms with Crippen molar-refractivity contribution >= 4 is 34.9 Å². The molecule has 2 aromatic carbocycles. The lowest BCUT2D eigenvalue weighted by Gasteiger charge is -2.20. The lowest BCUT2D eigenvalue weighted by atomic mass is 10.1. The number of halogens is 2. The van der Waals surface area contributed by atoms with Gasteiger partial charge in [-0.05, 0) is 30.7 Å². The Labute approximate surface area is 133 Å². The molecule has 110 valence electrons. The molecule has 1 unspecified atom stereocenters. The number of nitrogens with one attached hydrogen (secondary N) is 1. The van der Waals surface area contributed by atoms with Crippen molar-refractivity contribution in [2.45, 2.75) is 13.0 Å². The van der Waals surface area contributed by atoms with Gasteiger partial charge in [-0.1, -0.05) is 47.5 Å². The van der Waals surface area contributed by atoms with Gasteiger partial charge >= 0.3 is 5.97 Å². The number of benzene rings is 2. The summed E-state index contributed by atoms with van der Waals surface area (Å²) in [6.07, 6.45) is 0. The standard InChI is InChI=1S/C16H15Cl2NO2/c1-10-5-3-6-11(9-10)19-15(16(20)21-2)12-7-4-8-13(17)14(12)18/h3-9,15,19H,1-2H3. The van der Waals surface area contributed by atoms with Crippen LogP contribution in [0, 0.1) is 6.92 Å². The maximum Gasteiger partial charge on any atom is 0.333 e. The van der Waals surface area contributed by atoms with E-state index in [0.717, 1.165) is 11.3 Å². The molecule has 0 radical (unpaired) electrons. The second-order valence-corrected chi connectivity index (χ2v) is 5.40. The molecule has 0 aromatic heterocycles. The molecule has 0 spiro atoms. The molecule has 0 aliphatic heterocycles. The minimum Gasteiger partial charge on any atom is -0.467 e. The van der Waals surface area contributed by atoms with Crippen LogP contribution in [-0.4, -0.2) is 13.1 Å². The Morgan fingerprint density at radius 2 is 1.90 bits per heavy atom. The van der Waals surface area contributed by atoms with Crippen LogP contribution >= 0.6 is 23.2 Å². The van der Waals surface area contributed by atoms with Gasteiger partial charge in [0.15, 0.2) is 6.04 Å². The van der Waals surface area contributed by atoms with Crippen LogP contribution in [0.5, 0.6) is 0 Å². The van der Waals surface area contributed by atoms with Crippen LogP contribution < -0.4 is 5.32 Å². The first-order chi connectivity index (χ1) is 10.0. The van der Waals surface area contributed by atoms with E-state index in [1.54, 1.807) is 18.2 Å². The zero-order valence-electron chi connectivity index (χ0n) is 11.7. The summed E-state index contributed by atoms with van der Waals surface area (Å²) in [6.45, 7) is 1.98. The molecule has 0 saturated carbocycles. The maximum absolute atomic E-state index is 12.1. The average molecular weight is 324 g/mol. The molecular weight excluding hydrogens is 309 g/mol. The Morgan fingerprint density at radius 1 is 1.19 bits per heavy atom. The number of hydrogen-bond donors (Lipinski definition) is 1. The van der Waals surface area contributed by atoms with E-state index in [0.29, 0.717) is 15.6 Å². The summed E-state index contributed by atoms with van der Waals surface area (Å²) in [7, 11) is 1.34. The molecule has 3 nitrogen and oxygen atoms in total. The molecule has 1 atom stereocenters. The molecule has 0 heterocycles. The van der Waals surface area contributed by atoms with E-state index in [2.05, 4.69) is 5.32 Å². The van der Waals surface area contributed by atoms with Crippen molar-refractivity contribution in [3.05, 3.63) is 63.6 Å². The molecule has 0 amide bonds. The fourth-order valence-electron chi connectivity index (χ4n) is 2.03. The molecule has 2 rings (SSSR count). The Bertz CT molecular complexity index is 658. The highest BCUT2D eigenvalue weighted by atomic mass is 35.5. The van der Waals surface area contributed by atoms with Gasteiger partial charge < -0.3 is 10.1 Å². The summed E-state index contributed by atoms with van der Waals surface area (Å²) in [5.74, 6) is -0.430. The van der Waals surface area contributed by atoms with E-state index >= 15 is 0 Å². The molecule has 21 heavy (non-hydrogen) atoms. The van der Waals surface area contributed by atoms with E-state index in [4.69, 9.17) is 27.9 Å². The Morgan fingerprint density at radius 3 is 2.57 bits per heavy atom. The number of carbonyl (C=O) groups is 1. The summed E-state index contributed by atoms with van der Waals surface area (Å²) in [4.78, 5) is 12.1. The van der Waals surface area contributed by atoms with Crippen LogP contribution in [0.2, 0.25) is 10.0 Å². The summed E-state index contributed by atoms with van der Waals surface area (Å²) < 4.78 is 4.86.